The Morgan fingerprint density at radius 1 is 1.47 bits per heavy atom. The number of nitrogens with zero attached hydrogens (tertiary/aromatic N) is 1. The van der Waals surface area contributed by atoms with Crippen molar-refractivity contribution in [2.24, 2.45) is 4.99 Å². The largest absolute Gasteiger partial charge is 0.289 e. The van der Waals surface area contributed by atoms with Gasteiger partial charge < -0.3 is 0 Å². The van der Waals surface area contributed by atoms with Gasteiger partial charge in [0.05, 0.1) is 6.04 Å². The van der Waals surface area contributed by atoms with E-state index in [1.54, 1.807) is 0 Å². The van der Waals surface area contributed by atoms with Crippen molar-refractivity contribution in [3.8, 4) is 0 Å². The summed E-state index contributed by atoms with van der Waals surface area (Å²) in [6.07, 6.45) is 2.81. The Kier molecular flexibility index (Phi) is 4.57. The minimum atomic E-state index is 0.290. The summed E-state index contributed by atoms with van der Waals surface area (Å²) >= 11 is 5.79. The first kappa shape index (κ1) is 12.0. The van der Waals surface area contributed by atoms with Crippen molar-refractivity contribution in [2.75, 3.05) is 0 Å². The van der Waals surface area contributed by atoms with E-state index in [9.17, 15) is 0 Å². The predicted molar refractivity (Wildman–Crippen MR) is 67.9 cm³/mol. The second-order valence-electron chi connectivity index (χ2n) is 3.84. The van der Waals surface area contributed by atoms with E-state index in [2.05, 4.69) is 18.5 Å². The van der Waals surface area contributed by atoms with Gasteiger partial charge in [0, 0.05) is 11.2 Å². The molecule has 0 bridgehead atoms. The summed E-state index contributed by atoms with van der Waals surface area (Å²) in [5, 5.41) is 0.752. The van der Waals surface area contributed by atoms with Gasteiger partial charge in [-0.3, -0.25) is 4.99 Å². The van der Waals surface area contributed by atoms with Crippen LogP contribution in [0.4, 0.5) is 0 Å². The molecule has 1 rings (SSSR count). The van der Waals surface area contributed by atoms with Gasteiger partial charge >= 0.3 is 0 Å². The first-order chi connectivity index (χ1) is 7.08. The van der Waals surface area contributed by atoms with Gasteiger partial charge in [-0.05, 0) is 38.0 Å². The number of hydrogen-bond acceptors (Lipinski definition) is 1. The number of benzene rings is 1. The van der Waals surface area contributed by atoms with E-state index in [4.69, 9.17) is 11.6 Å². The average molecular weight is 222 g/mol. The smallest absolute Gasteiger partial charge is 0.0508 e. The zero-order valence-electron chi connectivity index (χ0n) is 9.20. The summed E-state index contributed by atoms with van der Waals surface area (Å²) in [6.45, 7) is 7.98. The van der Waals surface area contributed by atoms with E-state index >= 15 is 0 Å². The van der Waals surface area contributed by atoms with Crippen LogP contribution in [0.3, 0.4) is 0 Å². The minimum Gasteiger partial charge on any atom is -0.289 e. The number of hydrogen-bond donors (Lipinski definition) is 0. The van der Waals surface area contributed by atoms with Gasteiger partial charge in [0.15, 0.2) is 0 Å². The van der Waals surface area contributed by atoms with Crippen LogP contribution in [0.2, 0.25) is 5.02 Å². The second-order valence-corrected chi connectivity index (χ2v) is 4.28. The molecule has 0 N–H and O–H groups in total. The molecular weight excluding hydrogens is 206 g/mol. The van der Waals surface area contributed by atoms with Gasteiger partial charge in [-0.25, -0.2) is 0 Å². The van der Waals surface area contributed by atoms with Crippen LogP contribution in [0, 0.1) is 0 Å². The van der Waals surface area contributed by atoms with Gasteiger partial charge in [-0.2, -0.15) is 0 Å². The lowest BCUT2D eigenvalue weighted by atomic mass is 10.1. The molecule has 1 aromatic rings. The van der Waals surface area contributed by atoms with Gasteiger partial charge in [0.25, 0.3) is 0 Å². The zero-order valence-corrected chi connectivity index (χ0v) is 9.96. The van der Waals surface area contributed by atoms with Crippen molar-refractivity contribution >= 4 is 17.8 Å². The highest BCUT2D eigenvalue weighted by Gasteiger charge is 1.97. The SMILES string of the molecule is C=C(C)C[C@@H](C)N=Cc1ccc(Cl)cc1. The van der Waals surface area contributed by atoms with E-state index in [1.165, 1.54) is 0 Å². The molecule has 1 atom stereocenters. The van der Waals surface area contributed by atoms with Crippen molar-refractivity contribution in [1.82, 2.24) is 0 Å². The van der Waals surface area contributed by atoms with Gasteiger partial charge in [-0.1, -0.05) is 29.3 Å². The monoisotopic (exact) mass is 221 g/mol. The summed E-state index contributed by atoms with van der Waals surface area (Å²) in [5.41, 5.74) is 2.24. The Morgan fingerprint density at radius 3 is 2.60 bits per heavy atom. The van der Waals surface area contributed by atoms with Crippen LogP contribution in [0.15, 0.2) is 41.4 Å². The Hall–Kier alpha value is -1.08. The highest BCUT2D eigenvalue weighted by Crippen LogP contribution is 2.09. The first-order valence-electron chi connectivity index (χ1n) is 5.01. The van der Waals surface area contributed by atoms with Crippen LogP contribution in [-0.4, -0.2) is 12.3 Å². The first-order valence-corrected chi connectivity index (χ1v) is 5.39. The molecule has 0 unspecified atom stereocenters. The maximum Gasteiger partial charge on any atom is 0.0508 e. The van der Waals surface area contributed by atoms with Crippen molar-refractivity contribution in [3.63, 3.8) is 0 Å². The molecule has 0 fully saturated rings. The molecule has 80 valence electrons. The summed E-state index contributed by atoms with van der Waals surface area (Å²) in [5.74, 6) is 0. The van der Waals surface area contributed by atoms with Crippen LogP contribution >= 0.6 is 11.6 Å². The second kappa shape index (κ2) is 5.72. The summed E-state index contributed by atoms with van der Waals surface area (Å²) in [6, 6.07) is 7.94. The maximum atomic E-state index is 5.79. The average Bonchev–Trinajstić information content (AvgIpc) is 2.16. The van der Waals surface area contributed by atoms with Crippen molar-refractivity contribution in [1.29, 1.82) is 0 Å². The fourth-order valence-electron chi connectivity index (χ4n) is 1.32. The van der Waals surface area contributed by atoms with Crippen LogP contribution in [-0.2, 0) is 0 Å². The van der Waals surface area contributed by atoms with Crippen LogP contribution in [0.25, 0.3) is 0 Å². The topological polar surface area (TPSA) is 12.4 Å². The maximum absolute atomic E-state index is 5.79. The lowest BCUT2D eigenvalue weighted by Crippen LogP contribution is -1.98. The van der Waals surface area contributed by atoms with Crippen molar-refractivity contribution in [2.45, 2.75) is 26.3 Å². The third kappa shape index (κ3) is 4.80. The lowest BCUT2D eigenvalue weighted by Gasteiger charge is -2.04. The predicted octanol–water partition coefficient (Wildman–Crippen LogP) is 4.11. The molecule has 1 nitrogen and oxygen atoms in total. The Labute approximate surface area is 96.5 Å². The molecular formula is C13H16ClN. The summed E-state index contributed by atoms with van der Waals surface area (Å²) in [4.78, 5) is 4.44. The molecule has 0 radical (unpaired) electrons. The minimum absolute atomic E-state index is 0.290. The molecule has 0 heterocycles. The molecule has 0 aromatic heterocycles. The summed E-state index contributed by atoms with van der Waals surface area (Å²) in [7, 11) is 0. The van der Waals surface area contributed by atoms with Crippen LogP contribution in [0.5, 0.6) is 0 Å². The molecule has 0 saturated carbocycles. The molecule has 0 spiro atoms. The molecule has 0 aliphatic rings. The van der Waals surface area contributed by atoms with Gasteiger partial charge in [0.2, 0.25) is 0 Å². The summed E-state index contributed by atoms with van der Waals surface area (Å²) < 4.78 is 0. The lowest BCUT2D eigenvalue weighted by molar-refractivity contribution is 0.739. The molecule has 0 amide bonds. The normalized spacial score (nSPS) is 13.0. The number of halogens is 1. The van der Waals surface area contributed by atoms with E-state index in [0.717, 1.165) is 22.6 Å². The molecule has 0 aliphatic carbocycles. The molecule has 0 saturated heterocycles. The number of rotatable bonds is 4. The fraction of sp³-hybridized carbons (Fsp3) is 0.308. The van der Waals surface area contributed by atoms with E-state index in [1.807, 2.05) is 37.4 Å². The van der Waals surface area contributed by atoms with E-state index < -0.39 is 0 Å². The van der Waals surface area contributed by atoms with Gasteiger partial charge in [0.1, 0.15) is 0 Å². The standard InChI is InChI=1S/C13H16ClN/c1-10(2)8-11(3)15-9-12-4-6-13(14)7-5-12/h4-7,9,11H,1,8H2,2-3H3/t11-/m1/s1. The fourth-order valence-corrected chi connectivity index (χ4v) is 1.45. The molecule has 0 aliphatic heterocycles. The zero-order chi connectivity index (χ0) is 11.3. The highest BCUT2D eigenvalue weighted by atomic mass is 35.5. The Bertz CT molecular complexity index is 351. The van der Waals surface area contributed by atoms with Crippen LogP contribution in [0.1, 0.15) is 25.8 Å². The van der Waals surface area contributed by atoms with Crippen LogP contribution < -0.4 is 0 Å². The Morgan fingerprint density at radius 2 is 2.07 bits per heavy atom. The molecule has 15 heavy (non-hydrogen) atoms. The third-order valence-corrected chi connectivity index (χ3v) is 2.24. The van der Waals surface area contributed by atoms with Gasteiger partial charge in [-0.15, -0.1) is 6.58 Å². The highest BCUT2D eigenvalue weighted by molar-refractivity contribution is 6.30. The quantitative estimate of drug-likeness (QED) is 0.536. The Balaban J connectivity index is 2.57. The van der Waals surface area contributed by atoms with Crippen molar-refractivity contribution < 1.29 is 0 Å². The number of aliphatic imine (C=N–C) groups is 1. The van der Waals surface area contributed by atoms with E-state index in [0.29, 0.717) is 0 Å². The third-order valence-electron chi connectivity index (χ3n) is 1.99. The molecule has 1 aromatic carbocycles. The van der Waals surface area contributed by atoms with E-state index in [-0.39, 0.29) is 6.04 Å². The van der Waals surface area contributed by atoms with Crippen molar-refractivity contribution in [3.05, 3.63) is 47.0 Å². The molecule has 2 heteroatoms.